The van der Waals surface area contributed by atoms with Crippen LogP contribution in [0.4, 0.5) is 0 Å². The van der Waals surface area contributed by atoms with Gasteiger partial charge >= 0.3 is 0 Å². The van der Waals surface area contributed by atoms with Crippen LogP contribution in [0.5, 0.6) is 11.5 Å². The molecule has 5 nitrogen and oxygen atoms in total. The molecule has 0 saturated carbocycles. The molecule has 0 aliphatic carbocycles. The van der Waals surface area contributed by atoms with Crippen LogP contribution >= 0.6 is 0 Å². The summed E-state index contributed by atoms with van der Waals surface area (Å²) in [6, 6.07) is 11.0. The molecule has 0 spiro atoms. The number of hydrogen-bond donors (Lipinski definition) is 1. The van der Waals surface area contributed by atoms with Crippen LogP contribution in [0, 0.1) is 6.92 Å². The molecule has 1 saturated heterocycles. The van der Waals surface area contributed by atoms with Crippen molar-refractivity contribution in [3.05, 3.63) is 59.4 Å². The third-order valence-corrected chi connectivity index (χ3v) is 4.41. The second-order valence-corrected chi connectivity index (χ2v) is 6.16. The molecule has 25 heavy (non-hydrogen) atoms. The van der Waals surface area contributed by atoms with Crippen LogP contribution in [0.2, 0.25) is 0 Å². The Morgan fingerprint density at radius 1 is 1.36 bits per heavy atom. The Hall–Kier alpha value is -2.82. The van der Waals surface area contributed by atoms with Gasteiger partial charge in [0.25, 0.3) is 0 Å². The Bertz CT molecular complexity index is 801. The zero-order chi connectivity index (χ0) is 17.8. The molecule has 1 aromatic heterocycles. The molecular formula is C20H22N2O3. The number of phenolic OH excluding ortho intramolecular Hbond substituents is 1. The molecule has 5 heteroatoms. The van der Waals surface area contributed by atoms with Crippen molar-refractivity contribution in [2.24, 2.45) is 0 Å². The fraction of sp³-hybridized carbons (Fsp3) is 0.300. The van der Waals surface area contributed by atoms with Gasteiger partial charge in [0.05, 0.1) is 18.8 Å². The predicted molar refractivity (Wildman–Crippen MR) is 96.4 cm³/mol. The largest absolute Gasteiger partial charge is 0.504 e. The highest BCUT2D eigenvalue weighted by Gasteiger charge is 2.29. The van der Waals surface area contributed by atoms with Gasteiger partial charge in [0.1, 0.15) is 0 Å². The Morgan fingerprint density at radius 3 is 2.92 bits per heavy atom. The quantitative estimate of drug-likeness (QED) is 0.867. The fourth-order valence-electron chi connectivity index (χ4n) is 3.16. The SMILES string of the molecule is COc1ccc(/C=C/C(=O)N2CCCC2c2cccc(C)n2)cc1O. The maximum Gasteiger partial charge on any atom is 0.247 e. The Labute approximate surface area is 147 Å². The van der Waals surface area contributed by atoms with Gasteiger partial charge in [0, 0.05) is 18.3 Å². The summed E-state index contributed by atoms with van der Waals surface area (Å²) >= 11 is 0. The summed E-state index contributed by atoms with van der Waals surface area (Å²) in [4.78, 5) is 19.1. The number of benzene rings is 1. The summed E-state index contributed by atoms with van der Waals surface area (Å²) in [5.74, 6) is 0.426. The number of hydrogen-bond acceptors (Lipinski definition) is 4. The Balaban J connectivity index is 1.74. The lowest BCUT2D eigenvalue weighted by molar-refractivity contribution is -0.126. The number of ether oxygens (including phenoxy) is 1. The fourth-order valence-corrected chi connectivity index (χ4v) is 3.16. The summed E-state index contributed by atoms with van der Waals surface area (Å²) in [5, 5.41) is 9.82. The highest BCUT2D eigenvalue weighted by atomic mass is 16.5. The molecule has 2 heterocycles. The van der Waals surface area contributed by atoms with E-state index in [0.29, 0.717) is 5.75 Å². The minimum Gasteiger partial charge on any atom is -0.504 e. The predicted octanol–water partition coefficient (Wildman–Crippen LogP) is 3.48. The molecule has 1 atom stereocenters. The van der Waals surface area contributed by atoms with Crippen molar-refractivity contribution in [1.82, 2.24) is 9.88 Å². The van der Waals surface area contributed by atoms with E-state index in [2.05, 4.69) is 4.98 Å². The van der Waals surface area contributed by atoms with Crippen molar-refractivity contribution < 1.29 is 14.6 Å². The van der Waals surface area contributed by atoms with Crippen LogP contribution in [-0.2, 0) is 4.79 Å². The van der Waals surface area contributed by atoms with Gasteiger partial charge < -0.3 is 14.7 Å². The lowest BCUT2D eigenvalue weighted by Crippen LogP contribution is -2.29. The van der Waals surface area contributed by atoms with Crippen molar-refractivity contribution in [3.8, 4) is 11.5 Å². The number of aryl methyl sites for hydroxylation is 1. The van der Waals surface area contributed by atoms with E-state index in [4.69, 9.17) is 4.74 Å². The van der Waals surface area contributed by atoms with Crippen molar-refractivity contribution >= 4 is 12.0 Å². The minimum atomic E-state index is -0.0406. The normalized spacial score (nSPS) is 17.2. The van der Waals surface area contributed by atoms with E-state index in [1.807, 2.05) is 30.0 Å². The number of phenols is 1. The van der Waals surface area contributed by atoms with Gasteiger partial charge in [-0.3, -0.25) is 9.78 Å². The van der Waals surface area contributed by atoms with Crippen molar-refractivity contribution in [2.45, 2.75) is 25.8 Å². The lowest BCUT2D eigenvalue weighted by atomic mass is 10.1. The monoisotopic (exact) mass is 338 g/mol. The van der Waals surface area contributed by atoms with Crippen LogP contribution in [0.1, 0.15) is 35.8 Å². The third kappa shape index (κ3) is 3.82. The van der Waals surface area contributed by atoms with E-state index in [-0.39, 0.29) is 17.7 Å². The average molecular weight is 338 g/mol. The van der Waals surface area contributed by atoms with E-state index >= 15 is 0 Å². The summed E-state index contributed by atoms with van der Waals surface area (Å²) < 4.78 is 5.02. The summed E-state index contributed by atoms with van der Waals surface area (Å²) in [6.07, 6.45) is 5.17. The maximum atomic E-state index is 12.6. The van der Waals surface area contributed by atoms with Crippen LogP contribution < -0.4 is 4.74 Å². The van der Waals surface area contributed by atoms with Gasteiger partial charge in [-0.05, 0) is 55.7 Å². The topological polar surface area (TPSA) is 62.7 Å². The van der Waals surface area contributed by atoms with Crippen molar-refractivity contribution in [3.63, 3.8) is 0 Å². The summed E-state index contributed by atoms with van der Waals surface area (Å²) in [6.45, 7) is 2.69. The number of pyridine rings is 1. The number of amides is 1. The molecule has 1 amide bonds. The molecule has 1 aromatic carbocycles. The molecule has 0 bridgehead atoms. The number of aromatic nitrogens is 1. The number of carbonyl (C=O) groups excluding carboxylic acids is 1. The van der Waals surface area contributed by atoms with E-state index in [0.717, 1.165) is 36.3 Å². The Morgan fingerprint density at radius 2 is 2.20 bits per heavy atom. The van der Waals surface area contributed by atoms with Crippen LogP contribution in [0.3, 0.4) is 0 Å². The molecule has 1 aliphatic rings. The number of rotatable bonds is 4. The average Bonchev–Trinajstić information content (AvgIpc) is 3.09. The first kappa shape index (κ1) is 17.0. The van der Waals surface area contributed by atoms with Crippen LogP contribution in [0.15, 0.2) is 42.5 Å². The second-order valence-electron chi connectivity index (χ2n) is 6.16. The molecule has 1 unspecified atom stereocenters. The van der Waals surface area contributed by atoms with Crippen LogP contribution in [-0.4, -0.2) is 34.6 Å². The number of likely N-dealkylation sites (tertiary alicyclic amines) is 1. The van der Waals surface area contributed by atoms with Gasteiger partial charge in [-0.2, -0.15) is 0 Å². The van der Waals surface area contributed by atoms with Gasteiger partial charge in [0.15, 0.2) is 11.5 Å². The summed E-state index contributed by atoms with van der Waals surface area (Å²) in [7, 11) is 1.50. The molecule has 130 valence electrons. The Kier molecular flexibility index (Phi) is 5.03. The molecule has 0 radical (unpaired) electrons. The first-order chi connectivity index (χ1) is 12.1. The van der Waals surface area contributed by atoms with Crippen molar-refractivity contribution in [2.75, 3.05) is 13.7 Å². The number of nitrogens with zero attached hydrogens (tertiary/aromatic N) is 2. The van der Waals surface area contributed by atoms with Crippen LogP contribution in [0.25, 0.3) is 6.08 Å². The number of aromatic hydroxyl groups is 1. The highest BCUT2D eigenvalue weighted by Crippen LogP contribution is 2.31. The molecule has 1 N–H and O–H groups in total. The van der Waals surface area contributed by atoms with E-state index in [9.17, 15) is 9.90 Å². The molecule has 1 fully saturated rings. The zero-order valence-electron chi connectivity index (χ0n) is 14.5. The van der Waals surface area contributed by atoms with Gasteiger partial charge in [-0.25, -0.2) is 0 Å². The lowest BCUT2D eigenvalue weighted by Gasteiger charge is -2.23. The smallest absolute Gasteiger partial charge is 0.247 e. The van der Waals surface area contributed by atoms with Gasteiger partial charge in [-0.1, -0.05) is 12.1 Å². The maximum absolute atomic E-state index is 12.6. The van der Waals surface area contributed by atoms with E-state index in [1.54, 1.807) is 30.4 Å². The minimum absolute atomic E-state index is 0.0290. The molecule has 3 rings (SSSR count). The molecule has 2 aromatic rings. The standard InChI is InChI=1S/C20H22N2O3/c1-14-5-3-6-16(21-14)17-7-4-12-22(17)20(24)11-9-15-8-10-19(25-2)18(23)13-15/h3,5-6,8-11,13,17,23H,4,7,12H2,1-2H3/b11-9+. The second kappa shape index (κ2) is 7.38. The first-order valence-electron chi connectivity index (χ1n) is 8.38. The molecule has 1 aliphatic heterocycles. The van der Waals surface area contributed by atoms with Gasteiger partial charge in [-0.15, -0.1) is 0 Å². The van der Waals surface area contributed by atoms with Crippen molar-refractivity contribution in [1.29, 1.82) is 0 Å². The van der Waals surface area contributed by atoms with E-state index < -0.39 is 0 Å². The molecular weight excluding hydrogens is 316 g/mol. The highest BCUT2D eigenvalue weighted by molar-refractivity contribution is 5.92. The number of methoxy groups -OCH3 is 1. The third-order valence-electron chi connectivity index (χ3n) is 4.41. The van der Waals surface area contributed by atoms with E-state index in [1.165, 1.54) is 7.11 Å². The first-order valence-corrected chi connectivity index (χ1v) is 8.38. The summed E-state index contributed by atoms with van der Waals surface area (Å²) in [5.41, 5.74) is 2.65. The zero-order valence-corrected chi connectivity index (χ0v) is 14.5. The van der Waals surface area contributed by atoms with Gasteiger partial charge in [0.2, 0.25) is 5.91 Å². The number of carbonyl (C=O) groups is 1.